The normalized spacial score (nSPS) is 10.7. The number of rotatable bonds is 2. The van der Waals surface area contributed by atoms with Crippen molar-refractivity contribution in [3.63, 3.8) is 0 Å². The Bertz CT molecular complexity index is 742. The van der Waals surface area contributed by atoms with Gasteiger partial charge in [0.2, 0.25) is 0 Å². The molecule has 0 aliphatic heterocycles. The van der Waals surface area contributed by atoms with Gasteiger partial charge in [0.25, 0.3) is 0 Å². The molecule has 100 valence electrons. The van der Waals surface area contributed by atoms with Gasteiger partial charge in [0.1, 0.15) is 17.3 Å². The molecule has 0 amide bonds. The number of hydrogen-bond acceptors (Lipinski definition) is 2. The van der Waals surface area contributed by atoms with Gasteiger partial charge in [0.15, 0.2) is 0 Å². The van der Waals surface area contributed by atoms with E-state index in [0.29, 0.717) is 5.82 Å². The predicted octanol–water partition coefficient (Wildman–Crippen LogP) is 3.64. The van der Waals surface area contributed by atoms with Gasteiger partial charge in [0, 0.05) is 18.2 Å². The summed E-state index contributed by atoms with van der Waals surface area (Å²) in [5.41, 5.74) is 10.4. The maximum absolute atomic E-state index is 6.22. The second-order valence-electron chi connectivity index (χ2n) is 4.96. The van der Waals surface area contributed by atoms with Crippen molar-refractivity contribution in [3.05, 3.63) is 60.2 Å². The van der Waals surface area contributed by atoms with Gasteiger partial charge in [-0.15, -0.1) is 0 Å². The van der Waals surface area contributed by atoms with Crippen LogP contribution in [0.5, 0.6) is 0 Å². The van der Waals surface area contributed by atoms with Gasteiger partial charge in [-0.2, -0.15) is 0 Å². The molecule has 0 bridgehead atoms. The van der Waals surface area contributed by atoms with Crippen molar-refractivity contribution in [1.82, 2.24) is 9.55 Å². The van der Waals surface area contributed by atoms with Crippen LogP contribution in [0.4, 0.5) is 5.82 Å². The summed E-state index contributed by atoms with van der Waals surface area (Å²) in [6, 6.07) is 18.3. The molecular weight excluding hydrogens is 246 g/mol. The molecule has 1 heterocycles. The first kappa shape index (κ1) is 12.5. The molecule has 2 aromatic carbocycles. The van der Waals surface area contributed by atoms with E-state index in [-0.39, 0.29) is 0 Å². The molecule has 3 rings (SSSR count). The monoisotopic (exact) mass is 263 g/mol. The third-order valence-electron chi connectivity index (χ3n) is 3.46. The Hall–Kier alpha value is -2.55. The van der Waals surface area contributed by atoms with Gasteiger partial charge in [0.05, 0.1) is 0 Å². The highest BCUT2D eigenvalue weighted by Crippen LogP contribution is 2.30. The SMILES string of the molecule is Cc1cccc(-c2nc(-c3ccccc3)n(C)c2N)c1. The maximum Gasteiger partial charge on any atom is 0.142 e. The Morgan fingerprint density at radius 2 is 1.65 bits per heavy atom. The minimum atomic E-state index is 0.689. The number of hydrogen-bond donors (Lipinski definition) is 1. The van der Waals surface area contributed by atoms with Gasteiger partial charge in [-0.1, -0.05) is 54.1 Å². The van der Waals surface area contributed by atoms with Crippen LogP contribution in [0.2, 0.25) is 0 Å². The van der Waals surface area contributed by atoms with Crippen molar-refractivity contribution in [2.45, 2.75) is 6.92 Å². The molecule has 3 heteroatoms. The van der Waals surface area contributed by atoms with E-state index in [1.54, 1.807) is 0 Å². The van der Waals surface area contributed by atoms with E-state index in [4.69, 9.17) is 10.7 Å². The minimum absolute atomic E-state index is 0.689. The quantitative estimate of drug-likeness (QED) is 0.767. The topological polar surface area (TPSA) is 43.8 Å². The van der Waals surface area contributed by atoms with Gasteiger partial charge in [-0.25, -0.2) is 4.98 Å². The lowest BCUT2D eigenvalue weighted by molar-refractivity contribution is 0.937. The molecule has 0 spiro atoms. The standard InChI is InChI=1S/C17H17N3/c1-12-7-6-10-14(11-12)15-16(18)20(2)17(19-15)13-8-4-3-5-9-13/h3-11H,18H2,1-2H3. The van der Waals surface area contributed by atoms with Crippen LogP contribution < -0.4 is 5.73 Å². The molecule has 0 radical (unpaired) electrons. The van der Waals surface area contributed by atoms with E-state index in [9.17, 15) is 0 Å². The van der Waals surface area contributed by atoms with Crippen LogP contribution in [0.1, 0.15) is 5.56 Å². The van der Waals surface area contributed by atoms with Crippen LogP contribution in [-0.2, 0) is 7.05 Å². The Kier molecular flexibility index (Phi) is 3.03. The largest absolute Gasteiger partial charge is 0.383 e. The molecule has 2 N–H and O–H groups in total. The van der Waals surface area contributed by atoms with Crippen molar-refractivity contribution in [2.24, 2.45) is 7.05 Å². The summed E-state index contributed by atoms with van der Waals surface area (Å²) >= 11 is 0. The second-order valence-corrected chi connectivity index (χ2v) is 4.96. The molecule has 0 fully saturated rings. The van der Waals surface area contributed by atoms with Crippen LogP contribution in [0.15, 0.2) is 54.6 Å². The molecule has 3 nitrogen and oxygen atoms in total. The first-order chi connectivity index (χ1) is 9.66. The van der Waals surface area contributed by atoms with Gasteiger partial charge in [-0.05, 0) is 13.0 Å². The van der Waals surface area contributed by atoms with Gasteiger partial charge >= 0.3 is 0 Å². The highest BCUT2D eigenvalue weighted by atomic mass is 15.1. The lowest BCUT2D eigenvalue weighted by Crippen LogP contribution is -1.98. The number of imidazole rings is 1. The Labute approximate surface area is 118 Å². The number of aromatic nitrogens is 2. The lowest BCUT2D eigenvalue weighted by atomic mass is 10.1. The van der Waals surface area contributed by atoms with Gasteiger partial charge in [-0.3, -0.25) is 0 Å². The molecule has 0 unspecified atom stereocenters. The van der Waals surface area contributed by atoms with E-state index >= 15 is 0 Å². The first-order valence-corrected chi connectivity index (χ1v) is 6.61. The molecule has 0 aliphatic carbocycles. The van der Waals surface area contributed by atoms with E-state index < -0.39 is 0 Å². The summed E-state index contributed by atoms with van der Waals surface area (Å²) in [6.45, 7) is 2.07. The molecule has 1 aromatic heterocycles. The zero-order valence-electron chi connectivity index (χ0n) is 11.7. The van der Waals surface area contributed by atoms with E-state index in [2.05, 4.69) is 19.1 Å². The van der Waals surface area contributed by atoms with Crippen LogP contribution in [0.25, 0.3) is 22.6 Å². The van der Waals surface area contributed by atoms with Crippen molar-refractivity contribution in [3.8, 4) is 22.6 Å². The average molecular weight is 263 g/mol. The predicted molar refractivity (Wildman–Crippen MR) is 83.2 cm³/mol. The molecule has 3 aromatic rings. The number of aryl methyl sites for hydroxylation is 1. The summed E-state index contributed by atoms with van der Waals surface area (Å²) in [6.07, 6.45) is 0. The molecule has 0 saturated heterocycles. The van der Waals surface area contributed by atoms with Crippen LogP contribution in [0, 0.1) is 6.92 Å². The fourth-order valence-corrected chi connectivity index (χ4v) is 2.36. The van der Waals surface area contributed by atoms with Crippen LogP contribution >= 0.6 is 0 Å². The zero-order chi connectivity index (χ0) is 14.1. The second kappa shape index (κ2) is 4.85. The summed E-state index contributed by atoms with van der Waals surface area (Å²) in [5, 5.41) is 0. The fourth-order valence-electron chi connectivity index (χ4n) is 2.36. The Morgan fingerprint density at radius 1 is 0.950 bits per heavy atom. The highest BCUT2D eigenvalue weighted by Gasteiger charge is 2.14. The minimum Gasteiger partial charge on any atom is -0.383 e. The van der Waals surface area contributed by atoms with Crippen molar-refractivity contribution < 1.29 is 0 Å². The smallest absolute Gasteiger partial charge is 0.142 e. The van der Waals surface area contributed by atoms with Gasteiger partial charge < -0.3 is 10.3 Å². The number of benzene rings is 2. The summed E-state index contributed by atoms with van der Waals surface area (Å²) in [4.78, 5) is 4.73. The van der Waals surface area contributed by atoms with Crippen molar-refractivity contribution >= 4 is 5.82 Å². The number of nitrogens with two attached hydrogens (primary N) is 1. The first-order valence-electron chi connectivity index (χ1n) is 6.61. The number of nitrogen functional groups attached to an aromatic ring is 1. The van der Waals surface area contributed by atoms with Crippen LogP contribution in [0.3, 0.4) is 0 Å². The molecule has 20 heavy (non-hydrogen) atoms. The summed E-state index contributed by atoms with van der Waals surface area (Å²) < 4.78 is 1.94. The zero-order valence-corrected chi connectivity index (χ0v) is 11.7. The Balaban J connectivity index is 2.16. The lowest BCUT2D eigenvalue weighted by Gasteiger charge is -2.02. The fraction of sp³-hybridized carbons (Fsp3) is 0.118. The maximum atomic E-state index is 6.22. The summed E-state index contributed by atoms with van der Waals surface area (Å²) in [7, 11) is 1.95. The van der Waals surface area contributed by atoms with Crippen molar-refractivity contribution in [2.75, 3.05) is 5.73 Å². The molecule has 0 atom stereocenters. The van der Waals surface area contributed by atoms with E-state index in [1.807, 2.05) is 54.1 Å². The summed E-state index contributed by atoms with van der Waals surface area (Å²) in [5.74, 6) is 1.58. The number of nitrogens with zero attached hydrogens (tertiary/aromatic N) is 2. The molecule has 0 saturated carbocycles. The van der Waals surface area contributed by atoms with E-state index in [0.717, 1.165) is 22.6 Å². The molecular formula is C17H17N3. The molecule has 0 aliphatic rings. The highest BCUT2D eigenvalue weighted by molar-refractivity contribution is 5.75. The van der Waals surface area contributed by atoms with E-state index in [1.165, 1.54) is 5.56 Å². The third kappa shape index (κ3) is 2.07. The third-order valence-corrected chi connectivity index (χ3v) is 3.46. The van der Waals surface area contributed by atoms with Crippen LogP contribution in [-0.4, -0.2) is 9.55 Å². The average Bonchev–Trinajstić information content (AvgIpc) is 2.76. The number of anilines is 1. The Morgan fingerprint density at radius 3 is 2.35 bits per heavy atom. The van der Waals surface area contributed by atoms with Crippen molar-refractivity contribution in [1.29, 1.82) is 0 Å².